The van der Waals surface area contributed by atoms with Crippen LogP contribution in [0.1, 0.15) is 26.7 Å². The Hall–Kier alpha value is -0.630. The number of hydrogen-bond acceptors (Lipinski definition) is 4. The Bertz CT molecular complexity index is 248. The molecule has 0 spiro atoms. The minimum Gasteiger partial charge on any atom is -0.394 e. The van der Waals surface area contributed by atoms with Gasteiger partial charge in [0.1, 0.15) is 0 Å². The number of rotatable bonds is 5. The first kappa shape index (κ1) is 13.4. The first-order valence-electron chi connectivity index (χ1n) is 5.89. The highest BCUT2D eigenvalue weighted by Crippen LogP contribution is 2.24. The zero-order valence-corrected chi connectivity index (χ0v) is 10.3. The van der Waals surface area contributed by atoms with Crippen LogP contribution >= 0.6 is 0 Å². The van der Waals surface area contributed by atoms with Crippen LogP contribution in [0.4, 0.5) is 0 Å². The number of aliphatic hydroxyl groups excluding tert-OH is 1. The molecule has 1 fully saturated rings. The Kier molecular flexibility index (Phi) is 5.20. The van der Waals surface area contributed by atoms with E-state index in [1.165, 1.54) is 0 Å². The van der Waals surface area contributed by atoms with Crippen molar-refractivity contribution in [3.8, 4) is 6.07 Å². The zero-order chi connectivity index (χ0) is 12.0. The Morgan fingerprint density at radius 1 is 1.56 bits per heavy atom. The average molecular weight is 226 g/mol. The van der Waals surface area contributed by atoms with Gasteiger partial charge >= 0.3 is 0 Å². The van der Waals surface area contributed by atoms with E-state index in [2.05, 4.69) is 24.8 Å². The molecule has 1 N–H and O–H groups in total. The summed E-state index contributed by atoms with van der Waals surface area (Å²) >= 11 is 0. The maximum Gasteiger partial charge on any atom is 0.0932 e. The molecule has 0 saturated carbocycles. The number of aliphatic hydroxyl groups is 1. The van der Waals surface area contributed by atoms with Crippen LogP contribution < -0.4 is 0 Å². The summed E-state index contributed by atoms with van der Waals surface area (Å²) in [6.07, 6.45) is 1.49. The molecule has 1 aliphatic rings. The Labute approximate surface area is 97.8 Å². The van der Waals surface area contributed by atoms with Crippen molar-refractivity contribution in [2.75, 3.05) is 32.8 Å². The van der Waals surface area contributed by atoms with Crippen molar-refractivity contribution in [3.05, 3.63) is 0 Å². The molecular formula is C12H22N2O2. The van der Waals surface area contributed by atoms with Crippen molar-refractivity contribution >= 4 is 0 Å². The van der Waals surface area contributed by atoms with Crippen LogP contribution in [0.15, 0.2) is 0 Å². The number of morpholine rings is 1. The summed E-state index contributed by atoms with van der Waals surface area (Å²) in [5.74, 6) is 0. The largest absolute Gasteiger partial charge is 0.394 e. The van der Waals surface area contributed by atoms with E-state index >= 15 is 0 Å². The highest BCUT2D eigenvalue weighted by Gasteiger charge is 2.26. The minimum atomic E-state index is -0.0412. The topological polar surface area (TPSA) is 56.5 Å². The van der Waals surface area contributed by atoms with Crippen LogP contribution in [0.5, 0.6) is 0 Å². The lowest BCUT2D eigenvalue weighted by Crippen LogP contribution is -2.47. The van der Waals surface area contributed by atoms with Crippen LogP contribution in [0.25, 0.3) is 0 Å². The van der Waals surface area contributed by atoms with Crippen LogP contribution in [-0.2, 0) is 4.74 Å². The van der Waals surface area contributed by atoms with E-state index in [1.54, 1.807) is 0 Å². The third-order valence-electron chi connectivity index (χ3n) is 2.99. The summed E-state index contributed by atoms with van der Waals surface area (Å²) < 4.78 is 5.41. The van der Waals surface area contributed by atoms with Crippen LogP contribution in [0, 0.1) is 16.7 Å². The molecule has 1 unspecified atom stereocenters. The average Bonchev–Trinajstić information content (AvgIpc) is 2.26. The van der Waals surface area contributed by atoms with Crippen molar-refractivity contribution in [3.63, 3.8) is 0 Å². The van der Waals surface area contributed by atoms with Gasteiger partial charge in [-0.1, -0.05) is 13.8 Å². The molecule has 0 bridgehead atoms. The van der Waals surface area contributed by atoms with Gasteiger partial charge in [0.05, 0.1) is 25.4 Å². The number of hydrogen-bond donors (Lipinski definition) is 1. The van der Waals surface area contributed by atoms with Gasteiger partial charge in [0.15, 0.2) is 0 Å². The predicted octanol–water partition coefficient (Wildman–Crippen LogP) is 1.01. The van der Waals surface area contributed by atoms with E-state index in [0.717, 1.165) is 26.1 Å². The molecule has 0 aromatic rings. The summed E-state index contributed by atoms with van der Waals surface area (Å²) in [5.41, 5.74) is 0.160. The molecule has 4 heteroatoms. The maximum absolute atomic E-state index is 9.05. The molecule has 1 heterocycles. The van der Waals surface area contributed by atoms with Crippen molar-refractivity contribution in [1.82, 2.24) is 4.90 Å². The molecule has 92 valence electrons. The van der Waals surface area contributed by atoms with E-state index in [4.69, 9.17) is 15.1 Å². The van der Waals surface area contributed by atoms with Crippen LogP contribution in [-0.4, -0.2) is 49.0 Å². The smallest absolute Gasteiger partial charge is 0.0932 e. The van der Waals surface area contributed by atoms with Gasteiger partial charge in [0.2, 0.25) is 0 Å². The second-order valence-electron chi connectivity index (χ2n) is 5.23. The molecule has 0 aromatic heterocycles. The fraction of sp³-hybridized carbons (Fsp3) is 0.917. The molecule has 0 radical (unpaired) electrons. The van der Waals surface area contributed by atoms with Crippen molar-refractivity contribution in [2.24, 2.45) is 5.41 Å². The van der Waals surface area contributed by atoms with E-state index in [9.17, 15) is 0 Å². The first-order chi connectivity index (χ1) is 7.57. The lowest BCUT2D eigenvalue weighted by atomic mass is 9.87. The Morgan fingerprint density at radius 2 is 2.31 bits per heavy atom. The van der Waals surface area contributed by atoms with Crippen LogP contribution in [0.2, 0.25) is 0 Å². The lowest BCUT2D eigenvalue weighted by molar-refractivity contribution is -0.0608. The second kappa shape index (κ2) is 6.19. The maximum atomic E-state index is 9.05. The zero-order valence-electron chi connectivity index (χ0n) is 10.3. The molecule has 4 nitrogen and oxygen atoms in total. The standard InChI is InChI=1S/C12H22N2O2/c1-12(2,4-3-5-13)10-14-6-7-16-11(8-14)9-15/h11,15H,3-4,6-10H2,1-2H3. The highest BCUT2D eigenvalue weighted by atomic mass is 16.5. The van der Waals surface area contributed by atoms with Gasteiger partial charge in [0.25, 0.3) is 0 Å². The molecular weight excluding hydrogens is 204 g/mol. The van der Waals surface area contributed by atoms with Gasteiger partial charge in [-0.3, -0.25) is 4.90 Å². The van der Waals surface area contributed by atoms with Crippen molar-refractivity contribution < 1.29 is 9.84 Å². The van der Waals surface area contributed by atoms with E-state index < -0.39 is 0 Å². The molecule has 16 heavy (non-hydrogen) atoms. The fourth-order valence-corrected chi connectivity index (χ4v) is 2.11. The van der Waals surface area contributed by atoms with E-state index in [0.29, 0.717) is 13.0 Å². The number of ether oxygens (including phenoxy) is 1. The second-order valence-corrected chi connectivity index (χ2v) is 5.23. The molecule has 0 aromatic carbocycles. The minimum absolute atomic E-state index is 0.0412. The summed E-state index contributed by atoms with van der Waals surface area (Å²) in [7, 11) is 0. The van der Waals surface area contributed by atoms with Gasteiger partial charge in [-0.25, -0.2) is 0 Å². The van der Waals surface area contributed by atoms with E-state index in [-0.39, 0.29) is 18.1 Å². The predicted molar refractivity (Wildman–Crippen MR) is 61.9 cm³/mol. The van der Waals surface area contributed by atoms with Gasteiger partial charge in [-0.05, 0) is 11.8 Å². The summed E-state index contributed by atoms with van der Waals surface area (Å²) in [5, 5.41) is 17.7. The first-order valence-corrected chi connectivity index (χ1v) is 5.89. The molecule has 1 aliphatic heterocycles. The monoisotopic (exact) mass is 226 g/mol. The molecule has 1 saturated heterocycles. The normalized spacial score (nSPS) is 23.0. The third-order valence-corrected chi connectivity index (χ3v) is 2.99. The lowest BCUT2D eigenvalue weighted by Gasteiger charge is -2.37. The highest BCUT2D eigenvalue weighted by molar-refractivity contribution is 4.82. The third kappa shape index (κ3) is 4.48. The number of nitrogens with zero attached hydrogens (tertiary/aromatic N) is 2. The van der Waals surface area contributed by atoms with Gasteiger partial charge in [-0.2, -0.15) is 5.26 Å². The molecule has 0 amide bonds. The summed E-state index contributed by atoms with van der Waals surface area (Å²) in [6, 6.07) is 2.20. The quantitative estimate of drug-likeness (QED) is 0.760. The molecule has 1 atom stereocenters. The van der Waals surface area contributed by atoms with Gasteiger partial charge in [-0.15, -0.1) is 0 Å². The van der Waals surface area contributed by atoms with Crippen LogP contribution in [0.3, 0.4) is 0 Å². The summed E-state index contributed by atoms with van der Waals surface area (Å²) in [6.45, 7) is 7.85. The summed E-state index contributed by atoms with van der Waals surface area (Å²) in [4.78, 5) is 2.32. The van der Waals surface area contributed by atoms with E-state index in [1.807, 2.05) is 0 Å². The molecule has 1 rings (SSSR count). The van der Waals surface area contributed by atoms with Gasteiger partial charge in [0, 0.05) is 26.1 Å². The van der Waals surface area contributed by atoms with Gasteiger partial charge < -0.3 is 9.84 Å². The number of nitriles is 1. The SMILES string of the molecule is CC(C)(CCC#N)CN1CCOC(CO)C1. The fourth-order valence-electron chi connectivity index (χ4n) is 2.11. The van der Waals surface area contributed by atoms with Crippen molar-refractivity contribution in [1.29, 1.82) is 5.26 Å². The molecule has 0 aliphatic carbocycles. The van der Waals surface area contributed by atoms with Crippen molar-refractivity contribution in [2.45, 2.75) is 32.8 Å². The Balaban J connectivity index is 2.37. The Morgan fingerprint density at radius 3 is 2.94 bits per heavy atom.